The average Bonchev–Trinajstić information content (AvgIpc) is 3.11. The molecule has 1 aliphatic heterocycles. The number of carboxylic acids is 1. The van der Waals surface area contributed by atoms with Gasteiger partial charge < -0.3 is 9.63 Å². The molecule has 0 saturated carbocycles. The van der Waals surface area contributed by atoms with Gasteiger partial charge in [0.1, 0.15) is 0 Å². The molecule has 1 saturated heterocycles. The summed E-state index contributed by atoms with van der Waals surface area (Å²) < 4.78 is 5.26. The summed E-state index contributed by atoms with van der Waals surface area (Å²) in [6.07, 6.45) is 0.155. The van der Waals surface area contributed by atoms with Crippen LogP contribution in [0.15, 0.2) is 21.3 Å². The number of thioether (sulfide) groups is 1. The van der Waals surface area contributed by atoms with Crippen molar-refractivity contribution >= 4 is 29.1 Å². The topological polar surface area (TPSA) is 79.5 Å². The van der Waals surface area contributed by atoms with Crippen LogP contribution in [0.4, 0.5) is 0 Å². The molecular formula is C13H15N3O3S2. The van der Waals surface area contributed by atoms with Crippen molar-refractivity contribution in [2.45, 2.75) is 19.0 Å². The number of aromatic nitrogens is 2. The molecule has 112 valence electrons. The molecule has 0 bridgehead atoms. The summed E-state index contributed by atoms with van der Waals surface area (Å²) in [5.74, 6) is 2.21. The van der Waals surface area contributed by atoms with Gasteiger partial charge in [-0.3, -0.25) is 9.69 Å². The van der Waals surface area contributed by atoms with Crippen molar-refractivity contribution < 1.29 is 14.4 Å². The lowest BCUT2D eigenvalue weighted by Crippen LogP contribution is -2.43. The van der Waals surface area contributed by atoms with Gasteiger partial charge in [-0.25, -0.2) is 0 Å². The molecule has 3 rings (SSSR count). The first-order valence-corrected chi connectivity index (χ1v) is 8.71. The van der Waals surface area contributed by atoms with Crippen LogP contribution in [0.1, 0.15) is 12.2 Å². The number of hydrogen-bond acceptors (Lipinski definition) is 7. The van der Waals surface area contributed by atoms with Crippen molar-refractivity contribution in [2.24, 2.45) is 0 Å². The molecule has 21 heavy (non-hydrogen) atoms. The molecule has 0 amide bonds. The van der Waals surface area contributed by atoms with Crippen LogP contribution in [0.2, 0.25) is 0 Å². The van der Waals surface area contributed by atoms with E-state index in [9.17, 15) is 4.79 Å². The molecule has 0 spiro atoms. The van der Waals surface area contributed by atoms with Gasteiger partial charge in [0.2, 0.25) is 0 Å². The fraction of sp³-hybridized carbons (Fsp3) is 0.462. The van der Waals surface area contributed by atoms with E-state index < -0.39 is 5.97 Å². The standard InChI is InChI=1S/C13H15N3O3S2/c17-12(18)5-10-8-21-4-2-16(10)6-11-14-13(19-15-11)9-1-3-20-7-9/h1,3,7,10H,2,4-6,8H2,(H,17,18). The molecule has 1 fully saturated rings. The van der Waals surface area contributed by atoms with Crippen molar-refractivity contribution in [1.29, 1.82) is 0 Å². The molecule has 1 unspecified atom stereocenters. The second kappa shape index (κ2) is 6.59. The van der Waals surface area contributed by atoms with E-state index in [2.05, 4.69) is 15.0 Å². The summed E-state index contributed by atoms with van der Waals surface area (Å²) in [6, 6.07) is 1.97. The molecule has 2 aromatic rings. The predicted octanol–water partition coefficient (Wildman–Crippen LogP) is 2.19. The zero-order chi connectivity index (χ0) is 14.7. The Balaban J connectivity index is 1.68. The first-order valence-electron chi connectivity index (χ1n) is 6.61. The Morgan fingerprint density at radius 1 is 1.57 bits per heavy atom. The Hall–Kier alpha value is -1.38. The van der Waals surface area contributed by atoms with Crippen LogP contribution in [-0.4, -0.2) is 50.2 Å². The van der Waals surface area contributed by atoms with Crippen LogP contribution in [0.25, 0.3) is 11.5 Å². The zero-order valence-electron chi connectivity index (χ0n) is 11.3. The quantitative estimate of drug-likeness (QED) is 0.902. The maximum Gasteiger partial charge on any atom is 0.304 e. The molecule has 0 aromatic carbocycles. The second-order valence-electron chi connectivity index (χ2n) is 4.82. The van der Waals surface area contributed by atoms with Gasteiger partial charge in [0, 0.05) is 29.5 Å². The van der Waals surface area contributed by atoms with E-state index >= 15 is 0 Å². The lowest BCUT2D eigenvalue weighted by molar-refractivity contribution is -0.138. The van der Waals surface area contributed by atoms with Gasteiger partial charge >= 0.3 is 5.97 Å². The van der Waals surface area contributed by atoms with Gasteiger partial charge in [-0.2, -0.15) is 28.1 Å². The Labute approximate surface area is 130 Å². The summed E-state index contributed by atoms with van der Waals surface area (Å²) >= 11 is 3.38. The van der Waals surface area contributed by atoms with Crippen molar-refractivity contribution in [3.8, 4) is 11.5 Å². The van der Waals surface area contributed by atoms with Gasteiger partial charge in [-0.15, -0.1) is 0 Å². The summed E-state index contributed by atoms with van der Waals surface area (Å²) in [7, 11) is 0. The van der Waals surface area contributed by atoms with Gasteiger partial charge in [0.15, 0.2) is 5.82 Å². The van der Waals surface area contributed by atoms with E-state index in [-0.39, 0.29) is 12.5 Å². The average molecular weight is 325 g/mol. The van der Waals surface area contributed by atoms with E-state index in [1.165, 1.54) is 0 Å². The van der Waals surface area contributed by atoms with Gasteiger partial charge in [0.05, 0.1) is 18.5 Å². The van der Waals surface area contributed by atoms with Crippen LogP contribution in [0.3, 0.4) is 0 Å². The minimum Gasteiger partial charge on any atom is -0.481 e. The maximum atomic E-state index is 10.9. The van der Waals surface area contributed by atoms with Crippen LogP contribution in [0.5, 0.6) is 0 Å². The van der Waals surface area contributed by atoms with Gasteiger partial charge in [-0.05, 0) is 11.4 Å². The summed E-state index contributed by atoms with van der Waals surface area (Å²) in [4.78, 5) is 17.5. The Kier molecular flexibility index (Phi) is 4.57. The number of hydrogen-bond donors (Lipinski definition) is 1. The first kappa shape index (κ1) is 14.6. The summed E-state index contributed by atoms with van der Waals surface area (Å²) in [6.45, 7) is 1.39. The number of nitrogens with zero attached hydrogens (tertiary/aromatic N) is 3. The third-order valence-electron chi connectivity index (χ3n) is 3.34. The molecule has 1 N–H and O–H groups in total. The highest BCUT2D eigenvalue weighted by molar-refractivity contribution is 7.99. The second-order valence-corrected chi connectivity index (χ2v) is 6.75. The summed E-state index contributed by atoms with van der Waals surface area (Å²) in [5, 5.41) is 16.9. The van der Waals surface area contributed by atoms with E-state index in [1.54, 1.807) is 23.1 Å². The molecule has 1 aliphatic rings. The zero-order valence-corrected chi connectivity index (χ0v) is 12.9. The number of aliphatic carboxylic acids is 1. The molecule has 6 nitrogen and oxygen atoms in total. The molecule has 3 heterocycles. The van der Waals surface area contributed by atoms with Crippen molar-refractivity contribution in [2.75, 3.05) is 18.1 Å². The molecule has 0 radical (unpaired) electrons. The Morgan fingerprint density at radius 3 is 3.24 bits per heavy atom. The van der Waals surface area contributed by atoms with E-state index in [0.717, 1.165) is 23.6 Å². The fourth-order valence-corrected chi connectivity index (χ4v) is 4.05. The van der Waals surface area contributed by atoms with E-state index in [1.807, 2.05) is 16.8 Å². The minimum atomic E-state index is -0.764. The highest BCUT2D eigenvalue weighted by atomic mass is 32.2. The molecule has 1 atom stereocenters. The Morgan fingerprint density at radius 2 is 2.48 bits per heavy atom. The first-order chi connectivity index (χ1) is 10.2. The van der Waals surface area contributed by atoms with Crippen LogP contribution < -0.4 is 0 Å². The molecule has 8 heteroatoms. The van der Waals surface area contributed by atoms with Crippen LogP contribution in [0, 0.1) is 0 Å². The fourth-order valence-electron chi connectivity index (χ4n) is 2.29. The van der Waals surface area contributed by atoms with E-state index in [0.29, 0.717) is 18.3 Å². The van der Waals surface area contributed by atoms with Crippen molar-refractivity contribution in [3.63, 3.8) is 0 Å². The van der Waals surface area contributed by atoms with Crippen molar-refractivity contribution in [1.82, 2.24) is 15.0 Å². The predicted molar refractivity (Wildman–Crippen MR) is 81.4 cm³/mol. The number of carbonyl (C=O) groups is 1. The number of rotatable bonds is 5. The molecular weight excluding hydrogens is 310 g/mol. The lowest BCUT2D eigenvalue weighted by atomic mass is 10.2. The largest absolute Gasteiger partial charge is 0.481 e. The minimum absolute atomic E-state index is 0.0318. The summed E-state index contributed by atoms with van der Waals surface area (Å²) in [5.41, 5.74) is 0.926. The number of carboxylic acid groups (broad SMARTS) is 1. The van der Waals surface area contributed by atoms with Gasteiger partial charge in [0.25, 0.3) is 5.89 Å². The highest BCUT2D eigenvalue weighted by Gasteiger charge is 2.26. The third-order valence-corrected chi connectivity index (χ3v) is 5.12. The maximum absolute atomic E-state index is 10.9. The molecule has 0 aliphatic carbocycles. The highest BCUT2D eigenvalue weighted by Crippen LogP contribution is 2.23. The van der Waals surface area contributed by atoms with Gasteiger partial charge in [-0.1, -0.05) is 5.16 Å². The van der Waals surface area contributed by atoms with Crippen molar-refractivity contribution in [3.05, 3.63) is 22.7 Å². The van der Waals surface area contributed by atoms with Crippen LogP contribution >= 0.6 is 23.1 Å². The van der Waals surface area contributed by atoms with E-state index in [4.69, 9.17) is 9.63 Å². The Bertz CT molecular complexity index is 600. The van der Waals surface area contributed by atoms with Crippen LogP contribution in [-0.2, 0) is 11.3 Å². The third kappa shape index (κ3) is 3.63. The smallest absolute Gasteiger partial charge is 0.304 e. The normalized spacial score (nSPS) is 19.7. The monoisotopic (exact) mass is 325 g/mol. The lowest BCUT2D eigenvalue weighted by Gasteiger charge is -2.33. The molecule has 2 aromatic heterocycles. The number of thiophene rings is 1. The SMILES string of the molecule is O=C(O)CC1CSCCN1Cc1noc(-c2ccsc2)n1.